The van der Waals surface area contributed by atoms with E-state index < -0.39 is 0 Å². The molecule has 1 aromatic carbocycles. The third-order valence-corrected chi connectivity index (χ3v) is 4.16. The Balaban J connectivity index is 1.62. The van der Waals surface area contributed by atoms with Gasteiger partial charge in [-0.05, 0) is 17.7 Å². The molecule has 3 aromatic rings. The van der Waals surface area contributed by atoms with Crippen LogP contribution in [0.15, 0.2) is 48.7 Å². The number of nitrogens with one attached hydrogen (secondary N) is 2. The van der Waals surface area contributed by atoms with E-state index in [4.69, 9.17) is 9.72 Å². The maximum atomic E-state index is 5.44. The molecule has 0 atom stereocenters. The Morgan fingerprint density at radius 3 is 2.78 bits per heavy atom. The van der Waals surface area contributed by atoms with Gasteiger partial charge < -0.3 is 19.9 Å². The number of aromatic amines is 1. The second kappa shape index (κ2) is 6.30. The number of fused-ring (bicyclic) bond motifs is 1. The lowest BCUT2D eigenvalue weighted by Crippen LogP contribution is -2.36. The fraction of sp³-hybridized carbons (Fsp3) is 0.278. The van der Waals surface area contributed by atoms with Gasteiger partial charge in [0.15, 0.2) is 5.82 Å². The normalized spacial score (nSPS) is 15.0. The van der Waals surface area contributed by atoms with Gasteiger partial charge in [-0.25, -0.2) is 4.98 Å². The molecule has 1 aliphatic heterocycles. The Labute approximate surface area is 135 Å². The summed E-state index contributed by atoms with van der Waals surface area (Å²) in [5, 5.41) is 4.65. The van der Waals surface area contributed by atoms with Crippen LogP contribution in [0.25, 0.3) is 10.9 Å². The van der Waals surface area contributed by atoms with Crippen molar-refractivity contribution in [2.75, 3.05) is 36.5 Å². The Morgan fingerprint density at radius 2 is 1.96 bits per heavy atom. The summed E-state index contributed by atoms with van der Waals surface area (Å²) in [6.45, 7) is 4.07. The molecular formula is C18H20N4O. The summed E-state index contributed by atoms with van der Waals surface area (Å²) in [7, 11) is 0. The molecule has 2 aromatic heterocycles. The van der Waals surface area contributed by atoms with Crippen molar-refractivity contribution in [1.82, 2.24) is 9.97 Å². The fourth-order valence-electron chi connectivity index (χ4n) is 2.91. The summed E-state index contributed by atoms with van der Waals surface area (Å²) in [5.41, 5.74) is 2.30. The molecule has 118 valence electrons. The van der Waals surface area contributed by atoms with Crippen molar-refractivity contribution in [2.24, 2.45) is 0 Å². The molecule has 0 spiro atoms. The van der Waals surface area contributed by atoms with Gasteiger partial charge in [0.05, 0.1) is 18.7 Å². The topological polar surface area (TPSA) is 53.2 Å². The lowest BCUT2D eigenvalue weighted by Gasteiger charge is -2.28. The molecule has 5 heteroatoms. The van der Waals surface area contributed by atoms with Crippen molar-refractivity contribution in [3.8, 4) is 0 Å². The fourth-order valence-corrected chi connectivity index (χ4v) is 2.91. The number of nitrogens with zero attached hydrogens (tertiary/aromatic N) is 2. The quantitative estimate of drug-likeness (QED) is 0.778. The van der Waals surface area contributed by atoms with Gasteiger partial charge in [0, 0.05) is 31.2 Å². The molecule has 1 fully saturated rings. The Kier molecular flexibility index (Phi) is 3.86. The van der Waals surface area contributed by atoms with Crippen LogP contribution in [0.2, 0.25) is 0 Å². The lowest BCUT2D eigenvalue weighted by molar-refractivity contribution is 0.122. The zero-order valence-electron chi connectivity index (χ0n) is 13.0. The van der Waals surface area contributed by atoms with E-state index in [0.717, 1.165) is 50.0 Å². The van der Waals surface area contributed by atoms with Gasteiger partial charge in [0.1, 0.15) is 5.82 Å². The number of aromatic nitrogens is 2. The highest BCUT2D eigenvalue weighted by molar-refractivity contribution is 5.91. The summed E-state index contributed by atoms with van der Waals surface area (Å²) in [6, 6.07) is 14.6. The van der Waals surface area contributed by atoms with Crippen LogP contribution in [0.3, 0.4) is 0 Å². The molecule has 0 unspecified atom stereocenters. The molecule has 0 saturated carbocycles. The number of anilines is 2. The SMILES string of the molecule is c1ccc(CNc2nc(N3CCOCC3)cc3cc[nH]c23)cc1. The van der Waals surface area contributed by atoms with Crippen LogP contribution in [0.4, 0.5) is 11.6 Å². The standard InChI is InChI=1S/C18H20N4O/c1-2-4-14(5-3-1)13-20-18-17-15(6-7-19-17)12-16(21-18)22-8-10-23-11-9-22/h1-7,12,19H,8-11,13H2,(H,20,21). The molecule has 0 aliphatic carbocycles. The Hall–Kier alpha value is -2.53. The van der Waals surface area contributed by atoms with Gasteiger partial charge in [0.2, 0.25) is 0 Å². The molecule has 0 amide bonds. The number of benzene rings is 1. The van der Waals surface area contributed by atoms with Gasteiger partial charge in [-0.2, -0.15) is 0 Å². The largest absolute Gasteiger partial charge is 0.378 e. The summed E-state index contributed by atoms with van der Waals surface area (Å²) in [6.07, 6.45) is 1.96. The second-order valence-electron chi connectivity index (χ2n) is 5.71. The molecule has 23 heavy (non-hydrogen) atoms. The van der Waals surface area contributed by atoms with Crippen molar-refractivity contribution in [1.29, 1.82) is 0 Å². The predicted octanol–water partition coefficient (Wildman–Crippen LogP) is 3.01. The average Bonchev–Trinajstić information content (AvgIpc) is 3.10. The first-order chi connectivity index (χ1) is 11.4. The van der Waals surface area contributed by atoms with Crippen LogP contribution in [0.5, 0.6) is 0 Å². The van der Waals surface area contributed by atoms with E-state index in [2.05, 4.69) is 51.6 Å². The van der Waals surface area contributed by atoms with Crippen LogP contribution in [-0.4, -0.2) is 36.3 Å². The maximum absolute atomic E-state index is 5.44. The maximum Gasteiger partial charge on any atom is 0.153 e. The molecule has 4 rings (SSSR count). The molecule has 5 nitrogen and oxygen atoms in total. The Morgan fingerprint density at radius 1 is 1.13 bits per heavy atom. The van der Waals surface area contributed by atoms with Crippen LogP contribution in [0.1, 0.15) is 5.56 Å². The number of morpholine rings is 1. The van der Waals surface area contributed by atoms with Crippen molar-refractivity contribution in [3.05, 3.63) is 54.2 Å². The van der Waals surface area contributed by atoms with Gasteiger partial charge in [-0.15, -0.1) is 0 Å². The zero-order valence-corrected chi connectivity index (χ0v) is 13.0. The van der Waals surface area contributed by atoms with E-state index in [1.807, 2.05) is 12.3 Å². The highest BCUT2D eigenvalue weighted by atomic mass is 16.5. The first kappa shape index (κ1) is 14.1. The van der Waals surface area contributed by atoms with Crippen molar-refractivity contribution >= 4 is 22.5 Å². The molecule has 0 bridgehead atoms. The van der Waals surface area contributed by atoms with Crippen molar-refractivity contribution in [2.45, 2.75) is 6.54 Å². The van der Waals surface area contributed by atoms with E-state index in [-0.39, 0.29) is 0 Å². The summed E-state index contributed by atoms with van der Waals surface area (Å²) < 4.78 is 5.44. The predicted molar refractivity (Wildman–Crippen MR) is 92.9 cm³/mol. The van der Waals surface area contributed by atoms with Gasteiger partial charge in [-0.3, -0.25) is 0 Å². The van der Waals surface area contributed by atoms with Crippen LogP contribution in [0, 0.1) is 0 Å². The second-order valence-corrected chi connectivity index (χ2v) is 5.71. The third kappa shape index (κ3) is 3.00. The minimum atomic E-state index is 0.758. The van der Waals surface area contributed by atoms with Crippen LogP contribution < -0.4 is 10.2 Å². The van der Waals surface area contributed by atoms with Gasteiger partial charge in [0.25, 0.3) is 0 Å². The average molecular weight is 308 g/mol. The lowest BCUT2D eigenvalue weighted by atomic mass is 10.2. The van der Waals surface area contributed by atoms with Gasteiger partial charge >= 0.3 is 0 Å². The van der Waals surface area contributed by atoms with Gasteiger partial charge in [-0.1, -0.05) is 30.3 Å². The number of H-pyrrole nitrogens is 1. The van der Waals surface area contributed by atoms with Crippen LogP contribution in [-0.2, 0) is 11.3 Å². The molecule has 0 radical (unpaired) electrons. The minimum absolute atomic E-state index is 0.758. The number of pyridine rings is 1. The van der Waals surface area contributed by atoms with Crippen molar-refractivity contribution in [3.63, 3.8) is 0 Å². The number of hydrogen-bond acceptors (Lipinski definition) is 4. The number of hydrogen-bond donors (Lipinski definition) is 2. The summed E-state index contributed by atoms with van der Waals surface area (Å²) in [4.78, 5) is 10.4. The van der Waals surface area contributed by atoms with Crippen molar-refractivity contribution < 1.29 is 4.74 Å². The van der Waals surface area contributed by atoms with Crippen LogP contribution >= 0.6 is 0 Å². The van der Waals surface area contributed by atoms with E-state index in [0.29, 0.717) is 0 Å². The monoisotopic (exact) mass is 308 g/mol. The highest BCUT2D eigenvalue weighted by Crippen LogP contribution is 2.26. The molecule has 1 aliphatic rings. The number of rotatable bonds is 4. The first-order valence-electron chi connectivity index (χ1n) is 7.99. The molecule has 2 N–H and O–H groups in total. The molecular weight excluding hydrogens is 288 g/mol. The van der Waals surface area contributed by atoms with E-state index in [9.17, 15) is 0 Å². The Bertz CT molecular complexity index is 778. The van der Waals surface area contributed by atoms with E-state index >= 15 is 0 Å². The summed E-state index contributed by atoms with van der Waals surface area (Å²) in [5.74, 6) is 1.91. The number of ether oxygens (including phenoxy) is 1. The summed E-state index contributed by atoms with van der Waals surface area (Å²) >= 11 is 0. The smallest absolute Gasteiger partial charge is 0.153 e. The third-order valence-electron chi connectivity index (χ3n) is 4.16. The zero-order chi connectivity index (χ0) is 15.5. The highest BCUT2D eigenvalue weighted by Gasteiger charge is 2.15. The molecule has 3 heterocycles. The minimum Gasteiger partial charge on any atom is -0.378 e. The molecule has 1 saturated heterocycles. The van der Waals surface area contributed by atoms with E-state index in [1.54, 1.807) is 0 Å². The first-order valence-corrected chi connectivity index (χ1v) is 7.99. The van der Waals surface area contributed by atoms with E-state index in [1.165, 1.54) is 10.9 Å².